The van der Waals surface area contributed by atoms with E-state index in [1.54, 1.807) is 36.4 Å². The second-order valence-electron chi connectivity index (χ2n) is 10.3. The molecule has 0 fully saturated rings. The largest absolute Gasteiger partial charge is 0.508 e. The Bertz CT molecular complexity index is 1390. The first-order chi connectivity index (χ1) is 21.1. The number of benzene rings is 3. The van der Waals surface area contributed by atoms with Gasteiger partial charge in [0.15, 0.2) is 0 Å². The molecular formula is C32H38ClN5O6. The summed E-state index contributed by atoms with van der Waals surface area (Å²) in [6, 6.07) is 19.4. The smallest absolute Gasteiger partial charge is 0.407 e. The first-order valence-electron chi connectivity index (χ1n) is 14.2. The van der Waals surface area contributed by atoms with Gasteiger partial charge in [0.25, 0.3) is 0 Å². The Labute approximate surface area is 261 Å². The lowest BCUT2D eigenvalue weighted by atomic mass is 10.0. The number of hydrogen-bond acceptors (Lipinski definition) is 7. The Balaban J connectivity index is 1.56. The van der Waals surface area contributed by atoms with Gasteiger partial charge in [-0.15, -0.1) is 0 Å². The molecule has 0 aromatic heterocycles. The number of nitrogens with one attached hydrogen (secondary N) is 3. The third-order valence-electron chi connectivity index (χ3n) is 6.81. The van der Waals surface area contributed by atoms with Crippen LogP contribution in [0.2, 0.25) is 5.02 Å². The molecule has 0 heterocycles. The van der Waals surface area contributed by atoms with Crippen LogP contribution in [0.5, 0.6) is 5.75 Å². The molecule has 0 radical (unpaired) electrons. The number of ether oxygens (including phenoxy) is 1. The van der Waals surface area contributed by atoms with Crippen molar-refractivity contribution in [3.8, 4) is 5.75 Å². The van der Waals surface area contributed by atoms with E-state index in [1.165, 1.54) is 12.1 Å². The monoisotopic (exact) mass is 623 g/mol. The number of phenolic OH excluding ortho intramolecular Hbond substituents is 1. The molecule has 3 atom stereocenters. The summed E-state index contributed by atoms with van der Waals surface area (Å²) in [5, 5.41) is 18.0. The summed E-state index contributed by atoms with van der Waals surface area (Å²) < 4.78 is 5.20. The van der Waals surface area contributed by atoms with Gasteiger partial charge in [-0.3, -0.25) is 14.4 Å². The minimum Gasteiger partial charge on any atom is -0.508 e. The fourth-order valence-electron chi connectivity index (χ4n) is 4.34. The van der Waals surface area contributed by atoms with Gasteiger partial charge in [-0.2, -0.15) is 0 Å². The average Bonchev–Trinajstić information content (AvgIpc) is 3.01. The van der Waals surface area contributed by atoms with Gasteiger partial charge in [0.05, 0.1) is 6.04 Å². The molecule has 234 valence electrons. The molecule has 0 unspecified atom stereocenters. The topological polar surface area (TPSA) is 186 Å². The second kappa shape index (κ2) is 17.5. The molecule has 0 aliphatic heterocycles. The van der Waals surface area contributed by atoms with Crippen LogP contribution in [0, 0.1) is 0 Å². The number of aromatic hydroxyl groups is 1. The molecule has 11 nitrogen and oxygen atoms in total. The Morgan fingerprint density at radius 3 is 2.11 bits per heavy atom. The number of halogens is 1. The van der Waals surface area contributed by atoms with E-state index in [2.05, 4.69) is 16.0 Å². The average molecular weight is 624 g/mol. The maximum absolute atomic E-state index is 13.3. The predicted octanol–water partition coefficient (Wildman–Crippen LogP) is 2.71. The highest BCUT2D eigenvalue weighted by atomic mass is 35.5. The minimum atomic E-state index is -1.02. The standard InChI is InChI=1S/C32H38ClN5O6/c33-25-11-5-4-10-23(25)20-44-32(43)36-17-7-6-12-27(37-30(41)26(34)18-22-13-15-24(39)16-14-22)31(42)38-28(29(35)40)19-21-8-2-1-3-9-21/h1-5,8-11,13-16,26-28,39H,6-7,12,17-20,34H2,(H2,35,40)(H,36,43)(H,37,41)(H,38,42)/t26-,27-,28-/m0/s1. The van der Waals surface area contributed by atoms with Crippen molar-refractivity contribution in [1.29, 1.82) is 0 Å². The molecule has 44 heavy (non-hydrogen) atoms. The molecule has 8 N–H and O–H groups in total. The zero-order valence-corrected chi connectivity index (χ0v) is 25.0. The molecule has 0 bridgehead atoms. The Morgan fingerprint density at radius 2 is 1.43 bits per heavy atom. The number of unbranched alkanes of at least 4 members (excludes halogenated alkanes) is 1. The van der Waals surface area contributed by atoms with Crippen LogP contribution in [0.25, 0.3) is 0 Å². The van der Waals surface area contributed by atoms with Crippen LogP contribution in [0.4, 0.5) is 4.79 Å². The second-order valence-corrected chi connectivity index (χ2v) is 10.7. The molecule has 0 spiro atoms. The Hall–Kier alpha value is -4.61. The number of hydrogen-bond donors (Lipinski definition) is 6. The summed E-state index contributed by atoms with van der Waals surface area (Å²) in [6.45, 7) is 0.288. The zero-order valence-electron chi connectivity index (χ0n) is 24.2. The minimum absolute atomic E-state index is 0.0220. The van der Waals surface area contributed by atoms with E-state index in [-0.39, 0.29) is 38.2 Å². The lowest BCUT2D eigenvalue weighted by Crippen LogP contribution is -2.56. The fourth-order valence-corrected chi connectivity index (χ4v) is 4.54. The van der Waals surface area contributed by atoms with Crippen molar-refractivity contribution >= 4 is 35.4 Å². The quantitative estimate of drug-likeness (QED) is 0.132. The van der Waals surface area contributed by atoms with Crippen molar-refractivity contribution in [3.05, 3.63) is 101 Å². The Morgan fingerprint density at radius 1 is 0.795 bits per heavy atom. The van der Waals surface area contributed by atoms with Crippen molar-refractivity contribution in [1.82, 2.24) is 16.0 Å². The van der Waals surface area contributed by atoms with Crippen molar-refractivity contribution in [3.63, 3.8) is 0 Å². The van der Waals surface area contributed by atoms with E-state index in [1.807, 2.05) is 30.3 Å². The van der Waals surface area contributed by atoms with Gasteiger partial charge in [-0.25, -0.2) is 4.79 Å². The van der Waals surface area contributed by atoms with Crippen molar-refractivity contribution in [2.75, 3.05) is 6.54 Å². The number of phenols is 1. The lowest BCUT2D eigenvalue weighted by molar-refractivity contribution is -0.131. The summed E-state index contributed by atoms with van der Waals surface area (Å²) in [7, 11) is 0. The van der Waals surface area contributed by atoms with Gasteiger partial charge >= 0.3 is 6.09 Å². The number of primary amides is 1. The van der Waals surface area contributed by atoms with E-state index >= 15 is 0 Å². The van der Waals surface area contributed by atoms with Crippen LogP contribution in [0.1, 0.15) is 36.0 Å². The van der Waals surface area contributed by atoms with Gasteiger partial charge in [-0.1, -0.05) is 72.3 Å². The third kappa shape index (κ3) is 11.6. The van der Waals surface area contributed by atoms with Crippen LogP contribution >= 0.6 is 11.6 Å². The summed E-state index contributed by atoms with van der Waals surface area (Å²) in [5.41, 5.74) is 13.9. The lowest BCUT2D eigenvalue weighted by Gasteiger charge is -2.23. The molecule has 0 saturated heterocycles. The summed E-state index contributed by atoms with van der Waals surface area (Å²) in [6.07, 6.45) is 0.871. The van der Waals surface area contributed by atoms with Crippen molar-refractivity contribution in [2.24, 2.45) is 11.5 Å². The highest BCUT2D eigenvalue weighted by Crippen LogP contribution is 2.16. The van der Waals surface area contributed by atoms with Crippen molar-refractivity contribution < 1.29 is 29.0 Å². The van der Waals surface area contributed by atoms with Crippen LogP contribution in [0.15, 0.2) is 78.9 Å². The normalized spacial score (nSPS) is 12.8. The summed E-state index contributed by atoms with van der Waals surface area (Å²) in [4.78, 5) is 50.6. The van der Waals surface area contributed by atoms with Crippen LogP contribution in [-0.4, -0.2) is 53.6 Å². The maximum atomic E-state index is 13.3. The Kier molecular flexibility index (Phi) is 13.5. The van der Waals surface area contributed by atoms with E-state index < -0.39 is 41.9 Å². The number of carbonyl (C=O) groups is 4. The molecule has 0 aliphatic carbocycles. The molecular weight excluding hydrogens is 586 g/mol. The predicted molar refractivity (Wildman–Crippen MR) is 166 cm³/mol. The number of amides is 4. The number of rotatable bonds is 16. The van der Waals surface area contributed by atoms with Crippen LogP contribution in [0.3, 0.4) is 0 Å². The fraction of sp³-hybridized carbons (Fsp3) is 0.312. The van der Waals surface area contributed by atoms with Gasteiger partial charge in [0.2, 0.25) is 17.7 Å². The molecule has 4 amide bonds. The van der Waals surface area contributed by atoms with Crippen LogP contribution < -0.4 is 27.4 Å². The zero-order chi connectivity index (χ0) is 31.9. The van der Waals surface area contributed by atoms with E-state index in [4.69, 9.17) is 27.8 Å². The molecule has 12 heteroatoms. The van der Waals surface area contributed by atoms with E-state index in [0.717, 1.165) is 11.1 Å². The molecule has 0 saturated carbocycles. The molecule has 3 aromatic rings. The van der Waals surface area contributed by atoms with Crippen LogP contribution in [-0.2, 0) is 38.6 Å². The van der Waals surface area contributed by atoms with Gasteiger partial charge in [-0.05, 0) is 55.0 Å². The maximum Gasteiger partial charge on any atom is 0.407 e. The van der Waals surface area contributed by atoms with Gasteiger partial charge in [0, 0.05) is 23.6 Å². The number of carbonyl (C=O) groups excluding carboxylic acids is 4. The third-order valence-corrected chi connectivity index (χ3v) is 7.18. The van der Waals surface area contributed by atoms with Crippen molar-refractivity contribution in [2.45, 2.75) is 56.8 Å². The van der Waals surface area contributed by atoms with Gasteiger partial charge < -0.3 is 37.3 Å². The first-order valence-corrected chi connectivity index (χ1v) is 14.6. The van der Waals surface area contributed by atoms with Gasteiger partial charge in [0.1, 0.15) is 24.4 Å². The number of nitrogens with two attached hydrogens (primary N) is 2. The van der Waals surface area contributed by atoms with E-state index in [9.17, 15) is 24.3 Å². The summed E-state index contributed by atoms with van der Waals surface area (Å²) >= 11 is 6.08. The molecule has 3 rings (SSSR count). The summed E-state index contributed by atoms with van der Waals surface area (Å²) in [5.74, 6) is -1.76. The highest BCUT2D eigenvalue weighted by molar-refractivity contribution is 6.31. The highest BCUT2D eigenvalue weighted by Gasteiger charge is 2.27. The first kappa shape index (κ1) is 33.9. The number of alkyl carbamates (subject to hydrolysis) is 1. The van der Waals surface area contributed by atoms with E-state index in [0.29, 0.717) is 23.4 Å². The molecule has 3 aromatic carbocycles. The SMILES string of the molecule is NC(=O)[C@H](Cc1ccccc1)NC(=O)[C@H](CCCCNC(=O)OCc1ccccc1Cl)NC(=O)[C@@H](N)Cc1ccc(O)cc1. The molecule has 0 aliphatic rings.